The number of benzene rings is 4. The zero-order valence-electron chi connectivity index (χ0n) is 34.3. The normalized spacial score (nSPS) is 11.7. The van der Waals surface area contributed by atoms with Crippen LogP contribution < -0.4 is 40.8 Å². The van der Waals surface area contributed by atoms with Crippen LogP contribution >= 0.6 is 0 Å². The molecule has 6 rings (SSSR count). The number of aromatic amines is 2. The third-order valence-electron chi connectivity index (χ3n) is 10.5. The molecule has 0 radical (unpaired) electrons. The highest BCUT2D eigenvalue weighted by atomic mass is 16.5. The van der Waals surface area contributed by atoms with Gasteiger partial charge in [0, 0.05) is 63.1 Å². The smallest absolute Gasteiger partial charge is 0.214 e. The average Bonchev–Trinajstić information content (AvgIpc) is 3.21. The molecule has 58 heavy (non-hydrogen) atoms. The van der Waals surface area contributed by atoms with Gasteiger partial charge in [-0.15, -0.1) is 0 Å². The number of nitrogens with one attached hydrogen (secondary N) is 2. The number of hydrogen-bond acceptors (Lipinski definition) is 11. The van der Waals surface area contributed by atoms with Gasteiger partial charge in [0.15, 0.2) is 10.9 Å². The quantitative estimate of drug-likeness (QED) is 0.0809. The second kappa shape index (κ2) is 18.1. The lowest BCUT2D eigenvalue weighted by molar-refractivity contribution is -0.108. The standard InChI is InChI=1S/C43H53N9O6/c1-47(2)18-21-50(26-53)36-14-12-34(38-40(36)45-32-10-8-28(57-6)24-30(32)42(38)55)52(23-20-49(5)17-16-44)35-13-15-37(51(27-54)22-19-48(3)4)41-39(35)43(56)31-25-29(58-7)9-11-33(31)46-41/h8-15,24-27H,16-23,44H2,1-7H3,(H,45,55)(H,46,56). The topological polar surface area (TPSA) is 164 Å². The number of nitrogens with zero attached hydrogens (tertiary/aromatic N) is 6. The van der Waals surface area contributed by atoms with Crippen LogP contribution in [-0.4, -0.2) is 139 Å². The third-order valence-corrected chi connectivity index (χ3v) is 10.5. The van der Waals surface area contributed by atoms with E-state index >= 15 is 0 Å². The lowest BCUT2D eigenvalue weighted by atomic mass is 10.0. The molecule has 4 aromatic carbocycles. The molecule has 0 aliphatic rings. The lowest BCUT2D eigenvalue weighted by Gasteiger charge is -2.31. The predicted molar refractivity (Wildman–Crippen MR) is 235 cm³/mol. The van der Waals surface area contributed by atoms with Crippen molar-refractivity contribution in [3.05, 3.63) is 81.1 Å². The van der Waals surface area contributed by atoms with Gasteiger partial charge in [0.05, 0.1) is 69.8 Å². The minimum absolute atomic E-state index is 0.279. The van der Waals surface area contributed by atoms with Crippen molar-refractivity contribution in [2.75, 3.05) is 117 Å². The molecule has 0 bridgehead atoms. The number of carbonyl (C=O) groups excluding carboxylic acids is 2. The Morgan fingerprint density at radius 3 is 1.38 bits per heavy atom. The molecule has 0 fully saturated rings. The van der Waals surface area contributed by atoms with Gasteiger partial charge in [-0.1, -0.05) is 0 Å². The molecular weight excluding hydrogens is 739 g/mol. The monoisotopic (exact) mass is 791 g/mol. The summed E-state index contributed by atoms with van der Waals surface area (Å²) in [4.78, 5) is 73.6. The molecule has 2 aromatic heterocycles. The predicted octanol–water partition coefficient (Wildman–Crippen LogP) is 3.77. The van der Waals surface area contributed by atoms with Gasteiger partial charge in [0.25, 0.3) is 0 Å². The second-order valence-corrected chi connectivity index (χ2v) is 14.9. The molecule has 2 amide bonds. The number of hydrogen-bond donors (Lipinski definition) is 3. The fraction of sp³-hybridized carbons (Fsp3) is 0.349. The van der Waals surface area contributed by atoms with Crippen LogP contribution in [0.5, 0.6) is 11.5 Å². The summed E-state index contributed by atoms with van der Waals surface area (Å²) in [5.41, 5.74) is 9.58. The Morgan fingerprint density at radius 1 is 0.569 bits per heavy atom. The van der Waals surface area contributed by atoms with Crippen molar-refractivity contribution in [2.24, 2.45) is 5.73 Å². The van der Waals surface area contributed by atoms with Crippen LogP contribution in [0.4, 0.5) is 22.7 Å². The Bertz CT molecular complexity index is 2400. The SMILES string of the molecule is COc1ccc2[nH]c3c(N(C=O)CCN(C)C)ccc(N(CCN(C)CCN)c4ccc(N(C=O)CCN(C)C)c5[nH]c6ccc(OC)cc6c(=O)c45)c3c(=O)c2c1. The summed E-state index contributed by atoms with van der Waals surface area (Å²) in [6.07, 6.45) is 1.54. The zero-order valence-corrected chi connectivity index (χ0v) is 34.3. The van der Waals surface area contributed by atoms with Gasteiger partial charge < -0.3 is 54.6 Å². The molecule has 0 saturated carbocycles. The molecule has 6 aromatic rings. The van der Waals surface area contributed by atoms with E-state index < -0.39 is 0 Å². The summed E-state index contributed by atoms with van der Waals surface area (Å²) < 4.78 is 11.0. The maximum absolute atomic E-state index is 15.0. The summed E-state index contributed by atoms with van der Waals surface area (Å²) in [5.74, 6) is 1.03. The maximum Gasteiger partial charge on any atom is 0.214 e. The number of methoxy groups -OCH3 is 2. The molecule has 2 heterocycles. The maximum atomic E-state index is 15.0. The lowest BCUT2D eigenvalue weighted by Crippen LogP contribution is -2.35. The van der Waals surface area contributed by atoms with Crippen LogP contribution in [0.2, 0.25) is 0 Å². The number of fused-ring (bicyclic) bond motifs is 4. The van der Waals surface area contributed by atoms with E-state index in [0.29, 0.717) is 130 Å². The Balaban J connectivity index is 1.73. The number of nitrogens with two attached hydrogens (primary N) is 1. The van der Waals surface area contributed by atoms with E-state index in [-0.39, 0.29) is 10.9 Å². The number of likely N-dealkylation sites (N-methyl/N-ethyl adjacent to an activating group) is 3. The van der Waals surface area contributed by atoms with Crippen molar-refractivity contribution >= 4 is 79.2 Å². The summed E-state index contributed by atoms with van der Waals surface area (Å²) in [6, 6.07) is 17.9. The first-order chi connectivity index (χ1) is 27.9. The van der Waals surface area contributed by atoms with E-state index in [1.54, 1.807) is 60.4 Å². The summed E-state index contributed by atoms with van der Waals surface area (Å²) >= 11 is 0. The molecule has 306 valence electrons. The highest BCUT2D eigenvalue weighted by molar-refractivity contribution is 6.12. The van der Waals surface area contributed by atoms with Gasteiger partial charge in [-0.3, -0.25) is 19.2 Å². The molecule has 0 aliphatic heterocycles. The van der Waals surface area contributed by atoms with Crippen LogP contribution in [0, 0.1) is 0 Å². The summed E-state index contributed by atoms with van der Waals surface area (Å²) in [7, 11) is 12.8. The Morgan fingerprint density at radius 2 is 1.00 bits per heavy atom. The number of amides is 2. The van der Waals surface area contributed by atoms with Crippen LogP contribution in [0.3, 0.4) is 0 Å². The molecule has 0 spiro atoms. The van der Waals surface area contributed by atoms with Crippen molar-refractivity contribution in [2.45, 2.75) is 0 Å². The van der Waals surface area contributed by atoms with Gasteiger partial charge in [-0.05, 0) is 95.9 Å². The second-order valence-electron chi connectivity index (χ2n) is 14.9. The summed E-state index contributed by atoms with van der Waals surface area (Å²) in [5, 5.41) is 1.45. The molecular formula is C43H53N9O6. The van der Waals surface area contributed by atoms with E-state index in [9.17, 15) is 19.2 Å². The molecule has 4 N–H and O–H groups in total. The molecule has 15 heteroatoms. The molecule has 0 saturated heterocycles. The first-order valence-corrected chi connectivity index (χ1v) is 19.2. The highest BCUT2D eigenvalue weighted by Gasteiger charge is 2.26. The van der Waals surface area contributed by atoms with Crippen molar-refractivity contribution in [3.8, 4) is 11.5 Å². The van der Waals surface area contributed by atoms with Gasteiger partial charge in [-0.2, -0.15) is 0 Å². The van der Waals surface area contributed by atoms with Crippen LogP contribution in [0.25, 0.3) is 43.6 Å². The van der Waals surface area contributed by atoms with Gasteiger partial charge in [-0.25, -0.2) is 0 Å². The number of rotatable bonds is 19. The van der Waals surface area contributed by atoms with Crippen molar-refractivity contribution in [3.63, 3.8) is 0 Å². The van der Waals surface area contributed by atoms with E-state index in [1.165, 1.54) is 0 Å². The number of aromatic nitrogens is 2. The number of H-pyrrole nitrogens is 2. The minimum atomic E-state index is -0.279. The molecule has 0 atom stereocenters. The van der Waals surface area contributed by atoms with E-state index in [4.69, 9.17) is 15.2 Å². The first kappa shape index (κ1) is 41.6. The average molecular weight is 792 g/mol. The largest absolute Gasteiger partial charge is 0.497 e. The summed E-state index contributed by atoms with van der Waals surface area (Å²) in [6.45, 7) is 3.82. The van der Waals surface area contributed by atoms with Crippen LogP contribution in [0.1, 0.15) is 0 Å². The molecule has 0 unspecified atom stereocenters. The number of anilines is 4. The van der Waals surface area contributed by atoms with Crippen molar-refractivity contribution < 1.29 is 19.1 Å². The third kappa shape index (κ3) is 8.34. The van der Waals surface area contributed by atoms with Gasteiger partial charge in [0.2, 0.25) is 12.8 Å². The fourth-order valence-corrected chi connectivity index (χ4v) is 7.28. The van der Waals surface area contributed by atoms with E-state index in [1.807, 2.05) is 74.2 Å². The van der Waals surface area contributed by atoms with Crippen LogP contribution in [-0.2, 0) is 9.59 Å². The minimum Gasteiger partial charge on any atom is -0.497 e. The number of ether oxygens (including phenoxy) is 2. The number of carbonyl (C=O) groups is 2. The number of pyridine rings is 2. The van der Waals surface area contributed by atoms with Gasteiger partial charge >= 0.3 is 0 Å². The fourth-order valence-electron chi connectivity index (χ4n) is 7.28. The van der Waals surface area contributed by atoms with Crippen molar-refractivity contribution in [1.82, 2.24) is 24.7 Å². The zero-order chi connectivity index (χ0) is 41.7. The van der Waals surface area contributed by atoms with Crippen molar-refractivity contribution in [1.29, 1.82) is 0 Å². The van der Waals surface area contributed by atoms with E-state index in [2.05, 4.69) is 14.9 Å². The Labute approximate surface area is 337 Å². The Hall–Kier alpha value is -6.00. The molecule has 0 aliphatic carbocycles. The first-order valence-electron chi connectivity index (χ1n) is 19.2. The Kier molecular flexibility index (Phi) is 13.0. The van der Waals surface area contributed by atoms with Gasteiger partial charge in [0.1, 0.15) is 11.5 Å². The molecule has 15 nitrogen and oxygen atoms in total. The van der Waals surface area contributed by atoms with Crippen LogP contribution in [0.15, 0.2) is 70.3 Å². The van der Waals surface area contributed by atoms with E-state index in [0.717, 1.165) is 12.8 Å². The highest BCUT2D eigenvalue weighted by Crippen LogP contribution is 2.40.